The van der Waals surface area contributed by atoms with Crippen LogP contribution in [0.4, 0.5) is 10.6 Å². The summed E-state index contributed by atoms with van der Waals surface area (Å²) in [4.78, 5) is 37.1. The molecule has 2 unspecified atom stereocenters. The smallest absolute Gasteiger partial charge is 0.413 e. The number of carboxylic acid groups (broad SMARTS) is 1. The van der Waals surface area contributed by atoms with Gasteiger partial charge in [-0.1, -0.05) is 67.4 Å². The first kappa shape index (κ1) is 25.2. The average Bonchev–Trinajstić information content (AvgIpc) is 3.67. The lowest BCUT2D eigenvalue weighted by molar-refractivity contribution is -0.152. The van der Waals surface area contributed by atoms with Gasteiger partial charge in [0.25, 0.3) is 5.56 Å². The normalized spacial score (nSPS) is 14.8. The van der Waals surface area contributed by atoms with E-state index in [0.717, 1.165) is 24.0 Å². The second-order valence-electron chi connectivity index (χ2n) is 9.17. The van der Waals surface area contributed by atoms with Gasteiger partial charge in [0, 0.05) is 14.1 Å². The largest absolute Gasteiger partial charge is 0.479 e. The Hall–Kier alpha value is -3.85. The highest BCUT2D eigenvalue weighted by molar-refractivity contribution is 5.90. The molecule has 1 aliphatic carbocycles. The van der Waals surface area contributed by atoms with Gasteiger partial charge in [-0.15, -0.1) is 0 Å². The summed E-state index contributed by atoms with van der Waals surface area (Å²) in [6.07, 6.45) is 0.685. The van der Waals surface area contributed by atoms with E-state index in [1.165, 1.54) is 4.68 Å². The number of aromatic nitrogens is 2. The summed E-state index contributed by atoms with van der Waals surface area (Å²) in [7, 11) is 3.29. The summed E-state index contributed by atoms with van der Waals surface area (Å²) >= 11 is 0. The minimum atomic E-state index is -0.949. The van der Waals surface area contributed by atoms with Gasteiger partial charge < -0.3 is 14.6 Å². The van der Waals surface area contributed by atoms with Crippen molar-refractivity contribution in [3.8, 4) is 11.1 Å². The van der Waals surface area contributed by atoms with Crippen LogP contribution < -0.4 is 10.9 Å². The van der Waals surface area contributed by atoms with Crippen LogP contribution in [0.1, 0.15) is 43.4 Å². The Balaban J connectivity index is 1.48. The third kappa shape index (κ3) is 5.85. The predicted molar refractivity (Wildman–Crippen MR) is 135 cm³/mol. The molecule has 1 aromatic heterocycles. The van der Waals surface area contributed by atoms with Crippen LogP contribution >= 0.6 is 0 Å². The number of carbonyl (C=O) groups excluding carboxylic acids is 1. The molecule has 4 rings (SSSR count). The number of hydrogen-bond acceptors (Lipinski definition) is 5. The van der Waals surface area contributed by atoms with Crippen molar-refractivity contribution in [1.29, 1.82) is 0 Å². The Morgan fingerprint density at radius 3 is 2.33 bits per heavy atom. The zero-order valence-electron chi connectivity index (χ0n) is 20.6. The molecule has 1 saturated carbocycles. The molecule has 1 aliphatic rings. The van der Waals surface area contributed by atoms with Gasteiger partial charge in [0.2, 0.25) is 0 Å². The highest BCUT2D eigenvalue weighted by atomic mass is 16.6. The molecule has 190 valence electrons. The van der Waals surface area contributed by atoms with E-state index >= 15 is 0 Å². The molecule has 1 amide bonds. The summed E-state index contributed by atoms with van der Waals surface area (Å²) in [6.45, 7) is 1.94. The predicted octanol–water partition coefficient (Wildman–Crippen LogP) is 4.47. The first-order chi connectivity index (χ1) is 17.2. The number of benzene rings is 2. The number of hydrogen-bond donors (Lipinski definition) is 2. The van der Waals surface area contributed by atoms with E-state index < -0.39 is 24.3 Å². The summed E-state index contributed by atoms with van der Waals surface area (Å²) in [5.74, 6) is -0.196. The van der Waals surface area contributed by atoms with E-state index in [2.05, 4.69) is 5.32 Å². The van der Waals surface area contributed by atoms with Crippen LogP contribution in [0.2, 0.25) is 0 Å². The molecule has 0 spiro atoms. The lowest BCUT2D eigenvalue weighted by atomic mass is 10.1. The van der Waals surface area contributed by atoms with Gasteiger partial charge in [-0.2, -0.15) is 0 Å². The van der Waals surface area contributed by atoms with Crippen LogP contribution in [0.25, 0.3) is 11.1 Å². The van der Waals surface area contributed by atoms with Crippen LogP contribution in [-0.2, 0) is 35.0 Å². The third-order valence-corrected chi connectivity index (χ3v) is 6.51. The Labute approximate surface area is 209 Å². The third-order valence-electron chi connectivity index (χ3n) is 6.51. The number of ether oxygens (including phenoxy) is 2. The van der Waals surface area contributed by atoms with E-state index in [4.69, 9.17) is 9.47 Å². The van der Waals surface area contributed by atoms with Crippen molar-refractivity contribution in [3.63, 3.8) is 0 Å². The summed E-state index contributed by atoms with van der Waals surface area (Å²) < 4.78 is 14.1. The molecule has 1 fully saturated rings. The molecule has 0 aliphatic heterocycles. The maximum atomic E-state index is 13.0. The van der Waals surface area contributed by atoms with Gasteiger partial charge in [0.05, 0.1) is 12.2 Å². The van der Waals surface area contributed by atoms with Crippen LogP contribution in [-0.4, -0.2) is 32.6 Å². The molecule has 2 N–H and O–H groups in total. The molecule has 9 heteroatoms. The van der Waals surface area contributed by atoms with Crippen molar-refractivity contribution in [3.05, 3.63) is 76.1 Å². The number of nitrogens with one attached hydrogen (secondary N) is 1. The molecule has 0 saturated heterocycles. The Morgan fingerprint density at radius 1 is 1.06 bits per heavy atom. The summed E-state index contributed by atoms with van der Waals surface area (Å²) in [5, 5.41) is 12.1. The molecule has 3 aromatic rings. The van der Waals surface area contributed by atoms with Crippen LogP contribution in [0.5, 0.6) is 0 Å². The van der Waals surface area contributed by atoms with Crippen molar-refractivity contribution in [2.75, 3.05) is 5.32 Å². The second kappa shape index (κ2) is 10.8. The molecule has 1 heterocycles. The maximum Gasteiger partial charge on any atom is 0.413 e. The molecule has 2 atom stereocenters. The van der Waals surface area contributed by atoms with Crippen molar-refractivity contribution in [1.82, 2.24) is 9.36 Å². The summed E-state index contributed by atoms with van der Waals surface area (Å²) in [5.41, 5.74) is 2.31. The van der Waals surface area contributed by atoms with Gasteiger partial charge in [0.1, 0.15) is 11.9 Å². The maximum absolute atomic E-state index is 13.0. The number of carboxylic acids is 1. The number of nitrogens with zero attached hydrogens (tertiary/aromatic N) is 2. The van der Waals surface area contributed by atoms with Crippen molar-refractivity contribution < 1.29 is 24.2 Å². The highest BCUT2D eigenvalue weighted by Crippen LogP contribution is 2.34. The van der Waals surface area contributed by atoms with Gasteiger partial charge in [-0.25, -0.2) is 9.59 Å². The van der Waals surface area contributed by atoms with Gasteiger partial charge >= 0.3 is 12.1 Å². The number of anilines is 1. The van der Waals surface area contributed by atoms with Gasteiger partial charge in [-0.3, -0.25) is 19.5 Å². The van der Waals surface area contributed by atoms with E-state index in [0.29, 0.717) is 29.3 Å². The van der Waals surface area contributed by atoms with E-state index in [1.54, 1.807) is 50.0 Å². The summed E-state index contributed by atoms with van der Waals surface area (Å²) in [6, 6.07) is 16.5. The van der Waals surface area contributed by atoms with Crippen LogP contribution in [0, 0.1) is 5.92 Å². The first-order valence-electron chi connectivity index (χ1n) is 12.0. The molecule has 36 heavy (non-hydrogen) atoms. The lowest BCUT2D eigenvalue weighted by Gasteiger charge is -2.15. The van der Waals surface area contributed by atoms with Crippen LogP contribution in [0.15, 0.2) is 59.4 Å². The Morgan fingerprint density at radius 2 is 1.72 bits per heavy atom. The number of rotatable bonds is 10. The minimum Gasteiger partial charge on any atom is -0.479 e. The molecule has 9 nitrogen and oxygen atoms in total. The fourth-order valence-electron chi connectivity index (χ4n) is 4.05. The van der Waals surface area contributed by atoms with Crippen LogP contribution in [0.3, 0.4) is 0 Å². The number of aliphatic carboxylic acids is 1. The lowest BCUT2D eigenvalue weighted by Crippen LogP contribution is -2.24. The molecule has 2 aromatic carbocycles. The SMILES string of the molecule is CC(OC(=O)Nc1c(-c2ccc(COC(CC3CC3)C(=O)O)cc2)c(=O)n(C)n1C)c1ccccc1. The fraction of sp³-hybridized carbons (Fsp3) is 0.370. The van der Waals surface area contributed by atoms with Crippen molar-refractivity contribution in [2.45, 2.75) is 45.0 Å². The van der Waals surface area contributed by atoms with Gasteiger partial charge in [-0.05, 0) is 36.0 Å². The van der Waals surface area contributed by atoms with Gasteiger partial charge in [0.15, 0.2) is 6.10 Å². The first-order valence-corrected chi connectivity index (χ1v) is 12.0. The Kier molecular flexibility index (Phi) is 7.59. The minimum absolute atomic E-state index is 0.158. The molecule has 0 bridgehead atoms. The second-order valence-corrected chi connectivity index (χ2v) is 9.17. The van der Waals surface area contributed by atoms with E-state index in [9.17, 15) is 19.5 Å². The quantitative estimate of drug-likeness (QED) is 0.431. The number of amides is 1. The standard InChI is InChI=1S/C27H31N3O6/c1-17(20-7-5-4-6-8-20)36-27(34)28-24-23(25(31)30(3)29(24)2)21-13-11-19(12-14-21)16-35-22(26(32)33)15-18-9-10-18/h4-8,11-14,17-18,22H,9-10,15-16H2,1-3H3,(H,28,34)(H,32,33). The topological polar surface area (TPSA) is 112 Å². The highest BCUT2D eigenvalue weighted by Gasteiger charge is 2.30. The average molecular weight is 494 g/mol. The fourth-order valence-corrected chi connectivity index (χ4v) is 4.05. The zero-order valence-corrected chi connectivity index (χ0v) is 20.6. The molecule has 0 radical (unpaired) electrons. The molecular formula is C27H31N3O6. The molecular weight excluding hydrogens is 462 g/mol. The van der Waals surface area contributed by atoms with E-state index in [-0.39, 0.29) is 12.2 Å². The van der Waals surface area contributed by atoms with Crippen molar-refractivity contribution >= 4 is 17.9 Å². The monoisotopic (exact) mass is 493 g/mol. The number of carbonyl (C=O) groups is 2. The van der Waals surface area contributed by atoms with E-state index in [1.807, 2.05) is 30.3 Å². The zero-order chi connectivity index (χ0) is 25.8. The van der Waals surface area contributed by atoms with Crippen molar-refractivity contribution in [2.24, 2.45) is 20.0 Å². The Bertz CT molecular complexity index is 1280.